The van der Waals surface area contributed by atoms with Gasteiger partial charge in [0.05, 0.1) is 5.75 Å². The third-order valence-corrected chi connectivity index (χ3v) is 6.92. The van der Waals surface area contributed by atoms with Gasteiger partial charge in [0, 0.05) is 35.3 Å². The molecular weight excluding hydrogens is 487 g/mol. The van der Waals surface area contributed by atoms with Gasteiger partial charge in [-0.05, 0) is 41.8 Å². The van der Waals surface area contributed by atoms with Crippen molar-refractivity contribution in [1.29, 1.82) is 0 Å². The molecule has 0 bridgehead atoms. The third kappa shape index (κ3) is 7.79. The standard InChI is InChI=1S/C27H28Cl2N2O2S/c1-2-30-27(33)25(16-20-8-4-3-5-9-20)31(17-21-12-14-23(28)15-13-21)26(32)19-34-18-22-10-6-7-11-24(22)29/h3-15,25H,2,16-19H2,1H3,(H,30,33)/t25-/m1/s1. The Balaban J connectivity index is 1.82. The highest BCUT2D eigenvalue weighted by atomic mass is 35.5. The molecule has 0 fully saturated rings. The van der Waals surface area contributed by atoms with Crippen molar-refractivity contribution >= 4 is 46.8 Å². The molecule has 2 amide bonds. The highest BCUT2D eigenvalue weighted by Crippen LogP contribution is 2.22. The number of hydrogen-bond acceptors (Lipinski definition) is 3. The summed E-state index contributed by atoms with van der Waals surface area (Å²) in [6.45, 7) is 2.69. The van der Waals surface area contributed by atoms with Crippen LogP contribution in [0.4, 0.5) is 0 Å². The minimum absolute atomic E-state index is 0.0980. The number of nitrogens with zero attached hydrogens (tertiary/aromatic N) is 1. The molecule has 34 heavy (non-hydrogen) atoms. The minimum Gasteiger partial charge on any atom is -0.355 e. The summed E-state index contributed by atoms with van der Waals surface area (Å²) in [5.74, 6) is 0.595. The van der Waals surface area contributed by atoms with Crippen LogP contribution in [0.2, 0.25) is 10.0 Å². The average molecular weight is 516 g/mol. The Kier molecular flexibility index (Phi) is 10.3. The van der Waals surface area contributed by atoms with Crippen molar-refractivity contribution < 1.29 is 9.59 Å². The Morgan fingerprint density at radius 1 is 0.912 bits per heavy atom. The largest absolute Gasteiger partial charge is 0.355 e. The molecule has 178 valence electrons. The highest BCUT2D eigenvalue weighted by molar-refractivity contribution is 7.99. The molecule has 0 spiro atoms. The van der Waals surface area contributed by atoms with Crippen molar-refractivity contribution in [2.45, 2.75) is 31.7 Å². The van der Waals surface area contributed by atoms with Crippen LogP contribution in [-0.2, 0) is 28.3 Å². The van der Waals surface area contributed by atoms with Crippen LogP contribution < -0.4 is 5.32 Å². The Hall–Kier alpha value is -2.47. The summed E-state index contributed by atoms with van der Waals surface area (Å²) in [6.07, 6.45) is 0.432. The van der Waals surface area contributed by atoms with E-state index >= 15 is 0 Å². The number of carbonyl (C=O) groups excluding carboxylic acids is 2. The van der Waals surface area contributed by atoms with Crippen molar-refractivity contribution in [3.05, 3.63) is 106 Å². The van der Waals surface area contributed by atoms with Gasteiger partial charge in [0.15, 0.2) is 0 Å². The average Bonchev–Trinajstić information content (AvgIpc) is 2.84. The summed E-state index contributed by atoms with van der Waals surface area (Å²) in [6, 6.07) is 24.1. The molecule has 1 N–H and O–H groups in total. The number of likely N-dealkylation sites (N-methyl/N-ethyl adjacent to an activating group) is 1. The predicted molar refractivity (Wildman–Crippen MR) is 142 cm³/mol. The van der Waals surface area contributed by atoms with Crippen LogP contribution in [0.3, 0.4) is 0 Å². The Bertz CT molecular complexity index is 1080. The van der Waals surface area contributed by atoms with E-state index in [2.05, 4.69) is 5.32 Å². The number of benzene rings is 3. The first kappa shape index (κ1) is 26.1. The molecule has 3 aromatic carbocycles. The maximum atomic E-state index is 13.5. The van der Waals surface area contributed by atoms with E-state index in [0.717, 1.165) is 16.7 Å². The molecule has 3 aromatic rings. The Labute approximate surface area is 215 Å². The zero-order valence-corrected chi connectivity index (χ0v) is 21.4. The summed E-state index contributed by atoms with van der Waals surface area (Å²) in [4.78, 5) is 28.3. The molecule has 0 unspecified atom stereocenters. The lowest BCUT2D eigenvalue weighted by Gasteiger charge is -2.31. The zero-order chi connectivity index (χ0) is 24.3. The van der Waals surface area contributed by atoms with E-state index in [1.54, 1.807) is 17.0 Å². The highest BCUT2D eigenvalue weighted by Gasteiger charge is 2.30. The van der Waals surface area contributed by atoms with E-state index in [4.69, 9.17) is 23.2 Å². The monoisotopic (exact) mass is 514 g/mol. The summed E-state index contributed by atoms with van der Waals surface area (Å²) >= 11 is 13.8. The molecule has 0 aliphatic carbocycles. The third-order valence-electron chi connectivity index (χ3n) is 5.33. The van der Waals surface area contributed by atoms with Crippen LogP contribution >= 0.6 is 35.0 Å². The van der Waals surface area contributed by atoms with Crippen molar-refractivity contribution in [3.63, 3.8) is 0 Å². The molecule has 4 nitrogen and oxygen atoms in total. The molecule has 1 atom stereocenters. The molecule has 3 rings (SSSR count). The van der Waals surface area contributed by atoms with Gasteiger partial charge in [0.1, 0.15) is 6.04 Å². The second kappa shape index (κ2) is 13.4. The van der Waals surface area contributed by atoms with Crippen molar-refractivity contribution in [2.24, 2.45) is 0 Å². The van der Waals surface area contributed by atoms with Crippen LogP contribution in [0.25, 0.3) is 0 Å². The van der Waals surface area contributed by atoms with Gasteiger partial charge < -0.3 is 10.2 Å². The molecule has 0 aliphatic rings. The van der Waals surface area contributed by atoms with Crippen molar-refractivity contribution in [3.8, 4) is 0 Å². The van der Waals surface area contributed by atoms with E-state index < -0.39 is 6.04 Å². The number of nitrogens with one attached hydrogen (secondary N) is 1. The van der Waals surface area contributed by atoms with Crippen LogP contribution in [0.5, 0.6) is 0 Å². The summed E-state index contributed by atoms with van der Waals surface area (Å²) < 4.78 is 0. The number of amides is 2. The van der Waals surface area contributed by atoms with Gasteiger partial charge in [-0.25, -0.2) is 0 Å². The molecule has 0 saturated heterocycles. The lowest BCUT2D eigenvalue weighted by atomic mass is 10.0. The molecule has 0 aromatic heterocycles. The lowest BCUT2D eigenvalue weighted by Crippen LogP contribution is -2.51. The van der Waals surface area contributed by atoms with Gasteiger partial charge in [-0.1, -0.05) is 83.9 Å². The van der Waals surface area contributed by atoms with E-state index in [1.165, 1.54) is 11.8 Å². The molecular formula is C27H28Cl2N2O2S. The second-order valence-corrected chi connectivity index (χ2v) is 9.66. The normalized spacial score (nSPS) is 11.6. The van der Waals surface area contributed by atoms with Crippen LogP contribution in [0.15, 0.2) is 78.9 Å². The summed E-state index contributed by atoms with van der Waals surface area (Å²) in [7, 11) is 0. The topological polar surface area (TPSA) is 49.4 Å². The predicted octanol–water partition coefficient (Wildman–Crippen LogP) is 6.00. The quantitative estimate of drug-likeness (QED) is 0.341. The van der Waals surface area contributed by atoms with Gasteiger partial charge in [0.2, 0.25) is 11.8 Å². The van der Waals surface area contributed by atoms with E-state index in [0.29, 0.717) is 35.3 Å². The van der Waals surface area contributed by atoms with E-state index in [9.17, 15) is 9.59 Å². The summed E-state index contributed by atoms with van der Waals surface area (Å²) in [5.41, 5.74) is 2.89. The van der Waals surface area contributed by atoms with Crippen molar-refractivity contribution in [2.75, 3.05) is 12.3 Å². The summed E-state index contributed by atoms with van der Waals surface area (Å²) in [5, 5.41) is 4.22. The molecule has 0 heterocycles. The first-order chi connectivity index (χ1) is 16.5. The molecule has 7 heteroatoms. The van der Waals surface area contributed by atoms with Gasteiger partial charge in [-0.2, -0.15) is 0 Å². The number of thioether (sulfide) groups is 1. The molecule has 0 aliphatic heterocycles. The first-order valence-electron chi connectivity index (χ1n) is 11.1. The van der Waals surface area contributed by atoms with Crippen LogP contribution in [0, 0.1) is 0 Å². The molecule has 0 radical (unpaired) electrons. The fourth-order valence-electron chi connectivity index (χ4n) is 3.58. The minimum atomic E-state index is -0.633. The lowest BCUT2D eigenvalue weighted by molar-refractivity contribution is -0.139. The van der Waals surface area contributed by atoms with Crippen LogP contribution in [0.1, 0.15) is 23.6 Å². The van der Waals surface area contributed by atoms with Gasteiger partial charge in [0.25, 0.3) is 0 Å². The number of carbonyl (C=O) groups is 2. The SMILES string of the molecule is CCNC(=O)[C@@H](Cc1ccccc1)N(Cc1ccc(Cl)cc1)C(=O)CSCc1ccccc1Cl. The Morgan fingerprint density at radius 2 is 1.59 bits per heavy atom. The molecule has 0 saturated carbocycles. The fourth-order valence-corrected chi connectivity index (χ4v) is 4.90. The van der Waals surface area contributed by atoms with Gasteiger partial charge in [-0.3, -0.25) is 9.59 Å². The fraction of sp³-hybridized carbons (Fsp3) is 0.259. The Morgan fingerprint density at radius 3 is 2.26 bits per heavy atom. The number of halogens is 2. The zero-order valence-electron chi connectivity index (χ0n) is 19.0. The van der Waals surface area contributed by atoms with Gasteiger partial charge in [-0.15, -0.1) is 11.8 Å². The number of hydrogen-bond donors (Lipinski definition) is 1. The van der Waals surface area contributed by atoms with Crippen LogP contribution in [-0.4, -0.2) is 35.1 Å². The van der Waals surface area contributed by atoms with E-state index in [-0.39, 0.29) is 17.6 Å². The first-order valence-corrected chi connectivity index (χ1v) is 13.1. The smallest absolute Gasteiger partial charge is 0.243 e. The van der Waals surface area contributed by atoms with E-state index in [1.807, 2.05) is 73.7 Å². The maximum Gasteiger partial charge on any atom is 0.243 e. The van der Waals surface area contributed by atoms with Gasteiger partial charge >= 0.3 is 0 Å². The maximum absolute atomic E-state index is 13.5. The second-order valence-electron chi connectivity index (χ2n) is 7.83. The van der Waals surface area contributed by atoms with Crippen molar-refractivity contribution in [1.82, 2.24) is 10.2 Å². The number of rotatable bonds is 11.